The van der Waals surface area contributed by atoms with E-state index in [2.05, 4.69) is 15.1 Å². The van der Waals surface area contributed by atoms with Gasteiger partial charge in [0.25, 0.3) is 0 Å². The Hall–Kier alpha value is -2.61. The van der Waals surface area contributed by atoms with Crippen molar-refractivity contribution in [3.05, 3.63) is 54.2 Å². The maximum atomic E-state index is 13.4. The third-order valence-electron chi connectivity index (χ3n) is 4.43. The molecule has 1 fully saturated rings. The van der Waals surface area contributed by atoms with Crippen LogP contribution in [-0.4, -0.2) is 39.7 Å². The largest absolute Gasteiger partial charge is 0.255 e. The van der Waals surface area contributed by atoms with Gasteiger partial charge in [-0.1, -0.05) is 12.1 Å². The Morgan fingerprint density at radius 3 is 2.69 bits per heavy atom. The maximum absolute atomic E-state index is 13.4. The van der Waals surface area contributed by atoms with Crippen LogP contribution in [0.25, 0.3) is 22.6 Å². The van der Waals surface area contributed by atoms with E-state index in [0.717, 1.165) is 5.56 Å². The third-order valence-corrected chi connectivity index (χ3v) is 6.18. The fraction of sp³-hybridized carbons (Fsp3) is 0.278. The molecule has 4 rings (SSSR count). The highest BCUT2D eigenvalue weighted by Gasteiger charge is 2.31. The SMILES string of the molecule is Cc1nc(-c2ccc(-c3cccc(F)c3)nc2)n([C@H]2CCS(=O)(=O)C2)n1. The Morgan fingerprint density at radius 1 is 1.19 bits per heavy atom. The zero-order chi connectivity index (χ0) is 18.3. The predicted octanol–water partition coefficient (Wildman–Crippen LogP) is 2.81. The standard InChI is InChI=1S/C18H17FN4O2S/c1-12-21-18(23(22-12)16-7-8-26(24,25)11-16)14-5-6-17(20-10-14)13-3-2-4-15(19)9-13/h2-6,9-10,16H,7-8,11H2,1H3/t16-/m0/s1. The van der Waals surface area contributed by atoms with E-state index in [-0.39, 0.29) is 23.4 Å². The van der Waals surface area contributed by atoms with Crippen LogP contribution in [0.1, 0.15) is 18.3 Å². The molecular weight excluding hydrogens is 355 g/mol. The molecule has 3 aromatic rings. The Labute approximate surface area is 150 Å². The van der Waals surface area contributed by atoms with E-state index < -0.39 is 9.84 Å². The van der Waals surface area contributed by atoms with Gasteiger partial charge in [0.15, 0.2) is 15.7 Å². The number of benzene rings is 1. The van der Waals surface area contributed by atoms with Gasteiger partial charge in [-0.2, -0.15) is 5.10 Å². The average Bonchev–Trinajstić information content (AvgIpc) is 3.17. The second-order valence-electron chi connectivity index (χ2n) is 6.43. The summed E-state index contributed by atoms with van der Waals surface area (Å²) in [4.78, 5) is 8.85. The quantitative estimate of drug-likeness (QED) is 0.706. The van der Waals surface area contributed by atoms with Gasteiger partial charge in [0.1, 0.15) is 11.6 Å². The van der Waals surface area contributed by atoms with Gasteiger partial charge >= 0.3 is 0 Å². The van der Waals surface area contributed by atoms with Crippen molar-refractivity contribution < 1.29 is 12.8 Å². The lowest BCUT2D eigenvalue weighted by atomic mass is 10.1. The summed E-state index contributed by atoms with van der Waals surface area (Å²) in [5.41, 5.74) is 2.09. The molecule has 0 saturated carbocycles. The minimum Gasteiger partial charge on any atom is -0.255 e. The normalized spacial score (nSPS) is 18.9. The molecule has 134 valence electrons. The first kappa shape index (κ1) is 16.8. The lowest BCUT2D eigenvalue weighted by molar-refractivity contribution is 0.501. The third kappa shape index (κ3) is 3.24. The highest BCUT2D eigenvalue weighted by atomic mass is 32.2. The summed E-state index contributed by atoms with van der Waals surface area (Å²) in [5, 5.41) is 4.39. The van der Waals surface area contributed by atoms with Gasteiger partial charge in [-0.3, -0.25) is 4.98 Å². The summed E-state index contributed by atoms with van der Waals surface area (Å²) in [6.45, 7) is 1.78. The molecule has 26 heavy (non-hydrogen) atoms. The first-order chi connectivity index (χ1) is 12.4. The lowest BCUT2D eigenvalue weighted by Gasteiger charge is -2.12. The molecule has 6 nitrogen and oxygen atoms in total. The van der Waals surface area contributed by atoms with Gasteiger partial charge in [0, 0.05) is 17.3 Å². The number of pyridine rings is 1. The van der Waals surface area contributed by atoms with Crippen molar-refractivity contribution >= 4 is 9.84 Å². The number of rotatable bonds is 3. The number of aryl methyl sites for hydroxylation is 1. The number of hydrogen-bond donors (Lipinski definition) is 0. The number of aromatic nitrogens is 4. The van der Waals surface area contributed by atoms with E-state index in [1.54, 1.807) is 36.0 Å². The van der Waals surface area contributed by atoms with Crippen molar-refractivity contribution in [1.29, 1.82) is 0 Å². The van der Waals surface area contributed by atoms with Gasteiger partial charge in [0.05, 0.1) is 23.2 Å². The summed E-state index contributed by atoms with van der Waals surface area (Å²) >= 11 is 0. The average molecular weight is 372 g/mol. The van der Waals surface area contributed by atoms with Gasteiger partial charge in [-0.25, -0.2) is 22.5 Å². The molecule has 8 heteroatoms. The molecule has 0 unspecified atom stereocenters. The van der Waals surface area contributed by atoms with Crippen LogP contribution in [0.5, 0.6) is 0 Å². The molecule has 0 aliphatic carbocycles. The van der Waals surface area contributed by atoms with Crippen LogP contribution in [0.4, 0.5) is 4.39 Å². The molecule has 2 aromatic heterocycles. The van der Waals surface area contributed by atoms with Crippen LogP contribution in [-0.2, 0) is 9.84 Å². The van der Waals surface area contributed by atoms with Crippen LogP contribution in [0.2, 0.25) is 0 Å². The topological polar surface area (TPSA) is 77.7 Å². The van der Waals surface area contributed by atoms with Gasteiger partial charge in [-0.15, -0.1) is 0 Å². The molecule has 1 saturated heterocycles. The van der Waals surface area contributed by atoms with E-state index in [1.165, 1.54) is 12.1 Å². The fourth-order valence-corrected chi connectivity index (χ4v) is 4.89. The van der Waals surface area contributed by atoms with Crippen molar-refractivity contribution in [3.63, 3.8) is 0 Å². The zero-order valence-electron chi connectivity index (χ0n) is 14.1. The first-order valence-corrected chi connectivity index (χ1v) is 10.1. The summed E-state index contributed by atoms with van der Waals surface area (Å²) in [6.07, 6.45) is 2.19. The summed E-state index contributed by atoms with van der Waals surface area (Å²) in [6, 6.07) is 9.68. The Morgan fingerprint density at radius 2 is 2.04 bits per heavy atom. The van der Waals surface area contributed by atoms with E-state index >= 15 is 0 Å². The second-order valence-corrected chi connectivity index (χ2v) is 8.66. The lowest BCUT2D eigenvalue weighted by Crippen LogP contribution is -2.14. The number of halogens is 1. The Balaban J connectivity index is 1.68. The molecule has 0 spiro atoms. The highest BCUT2D eigenvalue weighted by molar-refractivity contribution is 7.91. The van der Waals surface area contributed by atoms with Gasteiger partial charge in [-0.05, 0) is 37.6 Å². The molecule has 0 amide bonds. The number of hydrogen-bond acceptors (Lipinski definition) is 5. The molecular formula is C18H17FN4O2S. The van der Waals surface area contributed by atoms with Crippen molar-refractivity contribution in [2.45, 2.75) is 19.4 Å². The second kappa shape index (κ2) is 6.28. The van der Waals surface area contributed by atoms with E-state index in [9.17, 15) is 12.8 Å². The monoisotopic (exact) mass is 372 g/mol. The molecule has 3 heterocycles. The van der Waals surface area contributed by atoms with E-state index in [0.29, 0.717) is 29.3 Å². The van der Waals surface area contributed by atoms with Crippen LogP contribution in [0.3, 0.4) is 0 Å². The summed E-state index contributed by atoms with van der Waals surface area (Å²) < 4.78 is 38.7. The summed E-state index contributed by atoms with van der Waals surface area (Å²) in [5.74, 6) is 1.12. The molecule has 1 aliphatic rings. The number of nitrogens with zero attached hydrogens (tertiary/aromatic N) is 4. The molecule has 1 atom stereocenters. The van der Waals surface area contributed by atoms with Crippen molar-refractivity contribution in [3.8, 4) is 22.6 Å². The highest BCUT2D eigenvalue weighted by Crippen LogP contribution is 2.29. The first-order valence-electron chi connectivity index (χ1n) is 8.27. The Kier molecular flexibility index (Phi) is 4.07. The zero-order valence-corrected chi connectivity index (χ0v) is 14.9. The maximum Gasteiger partial charge on any atom is 0.160 e. The van der Waals surface area contributed by atoms with Crippen LogP contribution in [0.15, 0.2) is 42.6 Å². The predicted molar refractivity (Wildman–Crippen MR) is 95.7 cm³/mol. The molecule has 0 radical (unpaired) electrons. The van der Waals surface area contributed by atoms with Crippen LogP contribution in [0, 0.1) is 12.7 Å². The van der Waals surface area contributed by atoms with E-state index in [4.69, 9.17) is 0 Å². The van der Waals surface area contributed by atoms with Gasteiger partial charge < -0.3 is 0 Å². The minimum atomic E-state index is -3.02. The smallest absolute Gasteiger partial charge is 0.160 e. The molecule has 0 N–H and O–H groups in total. The summed E-state index contributed by atoms with van der Waals surface area (Å²) in [7, 11) is -3.02. The van der Waals surface area contributed by atoms with Crippen molar-refractivity contribution in [2.75, 3.05) is 11.5 Å². The minimum absolute atomic E-state index is 0.0810. The molecule has 0 bridgehead atoms. The number of sulfone groups is 1. The van der Waals surface area contributed by atoms with Crippen molar-refractivity contribution in [1.82, 2.24) is 19.7 Å². The van der Waals surface area contributed by atoms with Crippen LogP contribution < -0.4 is 0 Å². The van der Waals surface area contributed by atoms with Crippen molar-refractivity contribution in [2.24, 2.45) is 0 Å². The van der Waals surface area contributed by atoms with Crippen LogP contribution >= 0.6 is 0 Å². The van der Waals surface area contributed by atoms with E-state index in [1.807, 2.05) is 6.07 Å². The molecule has 1 aromatic carbocycles. The fourth-order valence-electron chi connectivity index (χ4n) is 3.19. The Bertz CT molecular complexity index is 1060. The molecule has 1 aliphatic heterocycles. The van der Waals surface area contributed by atoms with Gasteiger partial charge in [0.2, 0.25) is 0 Å².